The van der Waals surface area contributed by atoms with Crippen LogP contribution in [0.1, 0.15) is 15.9 Å². The molecule has 0 saturated heterocycles. The highest BCUT2D eigenvalue weighted by Crippen LogP contribution is 2.32. The summed E-state index contributed by atoms with van der Waals surface area (Å²) in [6.45, 7) is 1.96. The van der Waals surface area contributed by atoms with Gasteiger partial charge >= 0.3 is 0 Å². The van der Waals surface area contributed by atoms with Crippen molar-refractivity contribution in [3.63, 3.8) is 0 Å². The Bertz CT molecular complexity index is 1190. The molecule has 0 bridgehead atoms. The Balaban J connectivity index is 1.66. The van der Waals surface area contributed by atoms with E-state index in [4.69, 9.17) is 5.73 Å². The number of aromatic nitrogens is 2. The number of nitrogens with one attached hydrogen (secondary N) is 1. The predicted octanol–water partition coefficient (Wildman–Crippen LogP) is 4.58. The van der Waals surface area contributed by atoms with E-state index < -0.39 is 0 Å². The van der Waals surface area contributed by atoms with E-state index in [2.05, 4.69) is 15.3 Å². The van der Waals surface area contributed by atoms with Gasteiger partial charge in [-0.2, -0.15) is 0 Å². The number of amides is 1. The molecule has 2 aromatic heterocycles. The SMILES string of the molecule is Cc1ccc(C(=O)Nc2ccc(-c3ccc(F)c4cccnc34)c(N)n2)cc1. The number of aryl methyl sites for hydroxylation is 1. The first-order valence-corrected chi connectivity index (χ1v) is 8.71. The van der Waals surface area contributed by atoms with Gasteiger partial charge in [-0.15, -0.1) is 0 Å². The standard InChI is InChI=1S/C22H17FN4O/c1-13-4-6-14(7-5-13)22(28)27-19-11-9-16(21(24)26-19)15-8-10-18(23)17-3-2-12-25-20(15)17/h2-12H,1H3,(H3,24,26,27,28). The second-order valence-corrected chi connectivity index (χ2v) is 6.44. The molecule has 3 N–H and O–H groups in total. The predicted molar refractivity (Wildman–Crippen MR) is 108 cm³/mol. The van der Waals surface area contributed by atoms with Crippen molar-refractivity contribution in [3.05, 3.63) is 83.8 Å². The Kier molecular flexibility index (Phi) is 4.45. The molecule has 0 spiro atoms. The van der Waals surface area contributed by atoms with E-state index in [0.717, 1.165) is 5.56 Å². The average molecular weight is 372 g/mol. The number of pyridine rings is 2. The summed E-state index contributed by atoms with van der Waals surface area (Å²) in [6.07, 6.45) is 1.60. The van der Waals surface area contributed by atoms with E-state index in [-0.39, 0.29) is 17.5 Å². The molecule has 0 fully saturated rings. The third-order valence-corrected chi connectivity index (χ3v) is 4.49. The van der Waals surface area contributed by atoms with E-state index >= 15 is 0 Å². The number of fused-ring (bicyclic) bond motifs is 1. The number of carbonyl (C=O) groups is 1. The van der Waals surface area contributed by atoms with Crippen molar-refractivity contribution in [1.82, 2.24) is 9.97 Å². The summed E-state index contributed by atoms with van der Waals surface area (Å²) in [4.78, 5) is 20.9. The lowest BCUT2D eigenvalue weighted by Gasteiger charge is -2.11. The van der Waals surface area contributed by atoms with Crippen molar-refractivity contribution >= 4 is 28.4 Å². The molecule has 0 saturated carbocycles. The lowest BCUT2D eigenvalue weighted by Crippen LogP contribution is -2.13. The van der Waals surface area contributed by atoms with Crippen LogP contribution in [-0.2, 0) is 0 Å². The minimum absolute atomic E-state index is 0.222. The van der Waals surface area contributed by atoms with Crippen LogP contribution in [0.25, 0.3) is 22.0 Å². The van der Waals surface area contributed by atoms with Crippen molar-refractivity contribution in [2.75, 3.05) is 11.1 Å². The first-order valence-electron chi connectivity index (χ1n) is 8.71. The van der Waals surface area contributed by atoms with E-state index in [1.807, 2.05) is 19.1 Å². The molecule has 0 atom stereocenters. The zero-order valence-electron chi connectivity index (χ0n) is 15.1. The van der Waals surface area contributed by atoms with Crippen LogP contribution < -0.4 is 11.1 Å². The van der Waals surface area contributed by atoms with Crippen LogP contribution in [0.5, 0.6) is 0 Å². The van der Waals surface area contributed by atoms with Crippen LogP contribution in [0.15, 0.2) is 66.9 Å². The van der Waals surface area contributed by atoms with E-state index in [0.29, 0.717) is 33.4 Å². The molecule has 0 aliphatic carbocycles. The minimum Gasteiger partial charge on any atom is -0.383 e. The molecule has 5 nitrogen and oxygen atoms in total. The van der Waals surface area contributed by atoms with E-state index in [9.17, 15) is 9.18 Å². The highest BCUT2D eigenvalue weighted by atomic mass is 19.1. The van der Waals surface area contributed by atoms with Crippen molar-refractivity contribution in [3.8, 4) is 11.1 Å². The Hall–Kier alpha value is -3.80. The fraction of sp³-hybridized carbons (Fsp3) is 0.0455. The number of hydrogen-bond donors (Lipinski definition) is 2. The number of halogens is 1. The van der Waals surface area contributed by atoms with Crippen LogP contribution in [0, 0.1) is 12.7 Å². The molecule has 0 aliphatic rings. The summed E-state index contributed by atoms with van der Waals surface area (Å²) in [5.41, 5.74) is 9.54. The highest BCUT2D eigenvalue weighted by Gasteiger charge is 2.13. The third kappa shape index (κ3) is 3.27. The van der Waals surface area contributed by atoms with Gasteiger partial charge in [-0.25, -0.2) is 9.37 Å². The molecular formula is C22H17FN4O. The largest absolute Gasteiger partial charge is 0.383 e. The lowest BCUT2D eigenvalue weighted by molar-refractivity contribution is 0.102. The van der Waals surface area contributed by atoms with Gasteiger partial charge in [0.2, 0.25) is 0 Å². The smallest absolute Gasteiger partial charge is 0.256 e. The van der Waals surface area contributed by atoms with Crippen LogP contribution in [0.4, 0.5) is 16.0 Å². The maximum Gasteiger partial charge on any atom is 0.256 e. The van der Waals surface area contributed by atoms with Gasteiger partial charge in [0, 0.05) is 28.3 Å². The minimum atomic E-state index is -0.347. The van der Waals surface area contributed by atoms with E-state index in [1.54, 1.807) is 48.7 Å². The van der Waals surface area contributed by atoms with Crippen LogP contribution in [0.3, 0.4) is 0 Å². The van der Waals surface area contributed by atoms with Gasteiger partial charge in [-0.05, 0) is 55.5 Å². The van der Waals surface area contributed by atoms with Gasteiger partial charge in [0.05, 0.1) is 5.52 Å². The number of rotatable bonds is 3. The molecule has 6 heteroatoms. The topological polar surface area (TPSA) is 80.9 Å². The van der Waals surface area contributed by atoms with Gasteiger partial charge in [0.25, 0.3) is 5.91 Å². The molecule has 0 aliphatic heterocycles. The Morgan fingerprint density at radius 3 is 2.50 bits per heavy atom. The Morgan fingerprint density at radius 1 is 1.00 bits per heavy atom. The molecule has 0 unspecified atom stereocenters. The van der Waals surface area contributed by atoms with Gasteiger partial charge in [-0.3, -0.25) is 9.78 Å². The molecule has 0 radical (unpaired) electrons. The zero-order chi connectivity index (χ0) is 19.7. The van der Waals surface area contributed by atoms with Crippen LogP contribution in [0.2, 0.25) is 0 Å². The second kappa shape index (κ2) is 7.08. The molecule has 1 amide bonds. The van der Waals surface area contributed by atoms with Crippen molar-refractivity contribution < 1.29 is 9.18 Å². The number of hydrogen-bond acceptors (Lipinski definition) is 4. The number of nitrogens with zero attached hydrogens (tertiary/aromatic N) is 2. The van der Waals surface area contributed by atoms with Crippen molar-refractivity contribution in [1.29, 1.82) is 0 Å². The zero-order valence-corrected chi connectivity index (χ0v) is 15.1. The number of nitrogens with two attached hydrogens (primary N) is 1. The maximum absolute atomic E-state index is 14.0. The Labute approximate surface area is 161 Å². The lowest BCUT2D eigenvalue weighted by atomic mass is 10.0. The van der Waals surface area contributed by atoms with Gasteiger partial charge in [0.1, 0.15) is 17.5 Å². The quantitative estimate of drug-likeness (QED) is 0.552. The third-order valence-electron chi connectivity index (χ3n) is 4.49. The van der Waals surface area contributed by atoms with Crippen LogP contribution in [-0.4, -0.2) is 15.9 Å². The Morgan fingerprint density at radius 2 is 1.75 bits per heavy atom. The highest BCUT2D eigenvalue weighted by molar-refractivity contribution is 6.04. The number of carbonyl (C=O) groups excluding carboxylic acids is 1. The molecule has 138 valence electrons. The van der Waals surface area contributed by atoms with Crippen LogP contribution >= 0.6 is 0 Å². The summed E-state index contributed by atoms with van der Waals surface area (Å²) in [5, 5.41) is 3.15. The fourth-order valence-corrected chi connectivity index (χ4v) is 3.02. The molecule has 4 aromatic rings. The van der Waals surface area contributed by atoms with Gasteiger partial charge < -0.3 is 11.1 Å². The normalized spacial score (nSPS) is 10.8. The number of anilines is 2. The maximum atomic E-state index is 14.0. The molecule has 28 heavy (non-hydrogen) atoms. The molecule has 4 rings (SSSR count). The first-order chi connectivity index (χ1) is 13.5. The van der Waals surface area contributed by atoms with Crippen molar-refractivity contribution in [2.45, 2.75) is 6.92 Å². The van der Waals surface area contributed by atoms with Gasteiger partial charge in [0.15, 0.2) is 0 Å². The number of nitrogen functional groups attached to an aromatic ring is 1. The molecule has 2 heterocycles. The monoisotopic (exact) mass is 372 g/mol. The summed E-state index contributed by atoms with van der Waals surface area (Å²) < 4.78 is 14.0. The fourth-order valence-electron chi connectivity index (χ4n) is 3.02. The molecule has 2 aromatic carbocycles. The van der Waals surface area contributed by atoms with Crippen molar-refractivity contribution in [2.24, 2.45) is 0 Å². The summed E-state index contributed by atoms with van der Waals surface area (Å²) in [6, 6.07) is 17.0. The first kappa shape index (κ1) is 17.6. The summed E-state index contributed by atoms with van der Waals surface area (Å²) in [5.74, 6) is -0.0552. The van der Waals surface area contributed by atoms with Gasteiger partial charge in [-0.1, -0.05) is 17.7 Å². The molecular weight excluding hydrogens is 355 g/mol. The summed E-state index contributed by atoms with van der Waals surface area (Å²) >= 11 is 0. The average Bonchev–Trinajstić information content (AvgIpc) is 2.70. The summed E-state index contributed by atoms with van der Waals surface area (Å²) in [7, 11) is 0. The second-order valence-electron chi connectivity index (χ2n) is 6.44. The number of benzene rings is 2. The van der Waals surface area contributed by atoms with E-state index in [1.165, 1.54) is 6.07 Å².